The monoisotopic (exact) mass is 354 g/mol. The Kier molecular flexibility index (Phi) is 6.20. The third-order valence-electron chi connectivity index (χ3n) is 4.47. The number of piperazine rings is 1. The van der Waals surface area contributed by atoms with Gasteiger partial charge in [-0.15, -0.1) is 0 Å². The van der Waals surface area contributed by atoms with Gasteiger partial charge in [0, 0.05) is 46.8 Å². The molecule has 1 aliphatic rings. The van der Waals surface area contributed by atoms with Crippen LogP contribution in [0.1, 0.15) is 21.9 Å². The fourth-order valence-electron chi connectivity index (χ4n) is 2.93. The number of nitrogens with zero attached hydrogens (tertiary/aromatic N) is 4. The second-order valence-corrected chi connectivity index (χ2v) is 6.72. The van der Waals surface area contributed by atoms with Crippen molar-refractivity contribution in [1.29, 1.82) is 0 Å². The lowest BCUT2D eigenvalue weighted by molar-refractivity contribution is 0.0821. The molecule has 0 spiro atoms. The Morgan fingerprint density at radius 1 is 1.15 bits per heavy atom. The topological polar surface area (TPSA) is 52.8 Å². The number of oxazole rings is 1. The average molecular weight is 354 g/mol. The first kappa shape index (κ1) is 18.4. The molecule has 2 heterocycles. The summed E-state index contributed by atoms with van der Waals surface area (Å²) in [6.07, 6.45) is 5.84. The highest BCUT2D eigenvalue weighted by atomic mass is 16.3. The van der Waals surface area contributed by atoms with Crippen LogP contribution in [0.3, 0.4) is 0 Å². The summed E-state index contributed by atoms with van der Waals surface area (Å²) in [5.74, 6) is 0.475. The van der Waals surface area contributed by atoms with Crippen LogP contribution >= 0.6 is 0 Å². The Balaban J connectivity index is 1.42. The number of amides is 1. The van der Waals surface area contributed by atoms with Gasteiger partial charge in [0.05, 0.1) is 6.54 Å². The van der Waals surface area contributed by atoms with Crippen molar-refractivity contribution < 1.29 is 9.21 Å². The Labute approximate surface area is 154 Å². The van der Waals surface area contributed by atoms with E-state index in [2.05, 4.69) is 51.2 Å². The van der Waals surface area contributed by atoms with E-state index >= 15 is 0 Å². The fourth-order valence-corrected chi connectivity index (χ4v) is 2.93. The third-order valence-corrected chi connectivity index (χ3v) is 4.47. The van der Waals surface area contributed by atoms with Crippen LogP contribution in [0, 0.1) is 0 Å². The molecule has 1 fully saturated rings. The highest BCUT2D eigenvalue weighted by molar-refractivity contribution is 5.91. The van der Waals surface area contributed by atoms with Gasteiger partial charge < -0.3 is 9.32 Å². The van der Waals surface area contributed by atoms with Gasteiger partial charge in [-0.1, -0.05) is 42.5 Å². The molecule has 6 heteroatoms. The number of aromatic nitrogens is 1. The van der Waals surface area contributed by atoms with E-state index < -0.39 is 0 Å². The molecule has 6 nitrogen and oxygen atoms in total. The summed E-state index contributed by atoms with van der Waals surface area (Å²) in [5, 5.41) is 0. The number of carbonyl (C=O) groups is 1. The molecular formula is C20H26N4O2. The summed E-state index contributed by atoms with van der Waals surface area (Å²) in [5.41, 5.74) is 1.60. The van der Waals surface area contributed by atoms with Gasteiger partial charge in [0.15, 0.2) is 5.69 Å². The van der Waals surface area contributed by atoms with E-state index in [4.69, 9.17) is 4.42 Å². The van der Waals surface area contributed by atoms with E-state index in [1.165, 1.54) is 16.7 Å². The molecule has 0 N–H and O–H groups in total. The molecule has 3 rings (SSSR count). The first-order valence-corrected chi connectivity index (χ1v) is 8.94. The predicted molar refractivity (Wildman–Crippen MR) is 102 cm³/mol. The van der Waals surface area contributed by atoms with Gasteiger partial charge in [-0.25, -0.2) is 4.98 Å². The van der Waals surface area contributed by atoms with Gasteiger partial charge >= 0.3 is 0 Å². The number of hydrogen-bond donors (Lipinski definition) is 0. The molecule has 26 heavy (non-hydrogen) atoms. The molecular weight excluding hydrogens is 328 g/mol. The molecule has 1 aromatic heterocycles. The zero-order valence-electron chi connectivity index (χ0n) is 15.5. The summed E-state index contributed by atoms with van der Waals surface area (Å²) in [6, 6.07) is 10.4. The lowest BCUT2D eigenvalue weighted by atomic mass is 10.2. The first-order valence-electron chi connectivity index (χ1n) is 8.94. The Bertz CT molecular complexity index is 731. The minimum absolute atomic E-state index is 0.130. The Hall–Kier alpha value is -2.44. The molecule has 0 aliphatic carbocycles. The van der Waals surface area contributed by atoms with E-state index in [-0.39, 0.29) is 5.91 Å². The third kappa shape index (κ3) is 5.03. The summed E-state index contributed by atoms with van der Waals surface area (Å²) >= 11 is 0. The molecule has 1 aliphatic heterocycles. The zero-order valence-corrected chi connectivity index (χ0v) is 15.5. The fraction of sp³-hybridized carbons (Fsp3) is 0.400. The van der Waals surface area contributed by atoms with E-state index in [1.54, 1.807) is 14.1 Å². The van der Waals surface area contributed by atoms with Crippen LogP contribution in [-0.4, -0.2) is 72.4 Å². The average Bonchev–Trinajstić information content (AvgIpc) is 3.12. The van der Waals surface area contributed by atoms with Gasteiger partial charge in [0.1, 0.15) is 6.26 Å². The summed E-state index contributed by atoms with van der Waals surface area (Å²) in [4.78, 5) is 22.4. The lowest BCUT2D eigenvalue weighted by Crippen LogP contribution is -2.45. The smallest absolute Gasteiger partial charge is 0.275 e. The molecule has 1 amide bonds. The van der Waals surface area contributed by atoms with Crippen molar-refractivity contribution in [2.45, 2.75) is 6.54 Å². The molecule has 2 aromatic rings. The van der Waals surface area contributed by atoms with E-state index in [9.17, 15) is 4.79 Å². The Morgan fingerprint density at radius 3 is 2.54 bits per heavy atom. The SMILES string of the molecule is CN(C)C(=O)c1coc(CN2CCN(CC=Cc3ccccc3)CC2)n1. The molecule has 1 aromatic carbocycles. The lowest BCUT2D eigenvalue weighted by Gasteiger charge is -2.33. The number of benzene rings is 1. The van der Waals surface area contributed by atoms with Crippen LogP contribution in [0.4, 0.5) is 0 Å². The molecule has 138 valence electrons. The summed E-state index contributed by atoms with van der Waals surface area (Å²) in [7, 11) is 3.42. The van der Waals surface area contributed by atoms with Gasteiger partial charge in [-0.05, 0) is 5.56 Å². The normalized spacial score (nSPS) is 16.2. The molecule has 0 bridgehead atoms. The summed E-state index contributed by atoms with van der Waals surface area (Å²) in [6.45, 7) is 5.58. The quantitative estimate of drug-likeness (QED) is 0.796. The van der Waals surface area contributed by atoms with E-state index in [0.717, 1.165) is 32.7 Å². The van der Waals surface area contributed by atoms with Crippen molar-refractivity contribution in [3.63, 3.8) is 0 Å². The molecule has 0 radical (unpaired) electrons. The van der Waals surface area contributed by atoms with Gasteiger partial charge in [-0.3, -0.25) is 14.6 Å². The molecule has 0 unspecified atom stereocenters. The second kappa shape index (κ2) is 8.78. The van der Waals surface area contributed by atoms with Crippen molar-refractivity contribution in [2.24, 2.45) is 0 Å². The van der Waals surface area contributed by atoms with Gasteiger partial charge in [0.2, 0.25) is 5.89 Å². The largest absolute Gasteiger partial charge is 0.447 e. The Morgan fingerprint density at radius 2 is 1.85 bits per heavy atom. The maximum absolute atomic E-state index is 11.9. The van der Waals surface area contributed by atoms with Crippen LogP contribution in [-0.2, 0) is 6.54 Å². The minimum atomic E-state index is -0.130. The van der Waals surface area contributed by atoms with E-state index in [1.807, 2.05) is 6.07 Å². The number of rotatable bonds is 6. The van der Waals surface area contributed by atoms with Crippen LogP contribution in [0.2, 0.25) is 0 Å². The highest BCUT2D eigenvalue weighted by Crippen LogP contribution is 2.10. The predicted octanol–water partition coefficient (Wildman–Crippen LogP) is 2.21. The maximum Gasteiger partial charge on any atom is 0.275 e. The standard InChI is InChI=1S/C20H26N4O2/c1-22(2)20(25)18-16-26-19(21-18)15-24-13-11-23(12-14-24)10-6-9-17-7-4-3-5-8-17/h3-9,16H,10-15H2,1-2H3. The molecule has 0 atom stereocenters. The summed E-state index contributed by atoms with van der Waals surface area (Å²) < 4.78 is 5.45. The first-order chi connectivity index (χ1) is 12.6. The highest BCUT2D eigenvalue weighted by Gasteiger charge is 2.19. The number of carbonyl (C=O) groups excluding carboxylic acids is 1. The molecule has 0 saturated carbocycles. The van der Waals surface area contributed by atoms with Crippen LogP contribution in [0.25, 0.3) is 6.08 Å². The van der Waals surface area contributed by atoms with Gasteiger partial charge in [-0.2, -0.15) is 0 Å². The van der Waals surface area contributed by atoms with Crippen molar-refractivity contribution in [1.82, 2.24) is 19.7 Å². The van der Waals surface area contributed by atoms with Crippen molar-refractivity contribution in [3.8, 4) is 0 Å². The number of hydrogen-bond acceptors (Lipinski definition) is 5. The minimum Gasteiger partial charge on any atom is -0.447 e. The van der Waals surface area contributed by atoms with Crippen molar-refractivity contribution >= 4 is 12.0 Å². The molecule has 1 saturated heterocycles. The van der Waals surface area contributed by atoms with E-state index in [0.29, 0.717) is 18.1 Å². The van der Waals surface area contributed by atoms with Crippen LogP contribution < -0.4 is 0 Å². The second-order valence-electron chi connectivity index (χ2n) is 6.72. The zero-order chi connectivity index (χ0) is 18.4. The van der Waals surface area contributed by atoms with Gasteiger partial charge in [0.25, 0.3) is 5.91 Å². The van der Waals surface area contributed by atoms with Crippen LogP contribution in [0.15, 0.2) is 47.1 Å². The maximum atomic E-state index is 11.9. The van der Waals surface area contributed by atoms with Crippen LogP contribution in [0.5, 0.6) is 0 Å². The van der Waals surface area contributed by atoms with Crippen molar-refractivity contribution in [3.05, 3.63) is 59.8 Å². The van der Waals surface area contributed by atoms with Crippen molar-refractivity contribution in [2.75, 3.05) is 46.8 Å².